The highest BCUT2D eigenvalue weighted by Crippen LogP contribution is 2.08. The number of hydrogen-bond donors (Lipinski definition) is 1. The molecule has 1 rings (SSSR count). The van der Waals surface area contributed by atoms with Gasteiger partial charge >= 0.3 is 0 Å². The average molecular weight is 198 g/mol. The van der Waals surface area contributed by atoms with Crippen LogP contribution in [-0.4, -0.2) is 36.6 Å². The highest BCUT2D eigenvalue weighted by atomic mass is 15.1. The molecule has 2 heteroatoms. The fourth-order valence-corrected chi connectivity index (χ4v) is 1.93. The molecule has 1 N–H and O–H groups in total. The fourth-order valence-electron chi connectivity index (χ4n) is 1.93. The van der Waals surface area contributed by atoms with Crippen LogP contribution in [0, 0.1) is 0 Å². The van der Waals surface area contributed by atoms with Crippen LogP contribution in [-0.2, 0) is 0 Å². The summed E-state index contributed by atoms with van der Waals surface area (Å²) >= 11 is 0. The molecule has 0 spiro atoms. The number of unbranched alkanes of at least 4 members (excludes halogenated alkanes) is 1. The zero-order valence-electron chi connectivity index (χ0n) is 10.1. The summed E-state index contributed by atoms with van der Waals surface area (Å²) in [6, 6.07) is 0. The van der Waals surface area contributed by atoms with E-state index in [1.807, 2.05) is 0 Å². The Bertz CT molecular complexity index is 143. The molecule has 0 saturated carbocycles. The lowest BCUT2D eigenvalue weighted by atomic mass is 10.1. The van der Waals surface area contributed by atoms with E-state index in [2.05, 4.69) is 31.0 Å². The van der Waals surface area contributed by atoms with Gasteiger partial charge in [-0.25, -0.2) is 0 Å². The number of nitrogens with one attached hydrogen (secondary N) is 1. The average Bonchev–Trinajstić information content (AvgIpc) is 2.54. The molecule has 0 atom stereocenters. The van der Waals surface area contributed by atoms with Crippen molar-refractivity contribution in [3.63, 3.8) is 0 Å². The van der Waals surface area contributed by atoms with Crippen molar-refractivity contribution >= 4 is 0 Å². The second kappa shape index (κ2) is 5.72. The van der Waals surface area contributed by atoms with Gasteiger partial charge in [-0.15, -0.1) is 0 Å². The van der Waals surface area contributed by atoms with Crippen LogP contribution in [0.4, 0.5) is 0 Å². The lowest BCUT2D eigenvalue weighted by molar-refractivity contribution is 0.324. The smallest absolute Gasteiger partial charge is 0.00965 e. The summed E-state index contributed by atoms with van der Waals surface area (Å²) < 4.78 is 0. The van der Waals surface area contributed by atoms with Gasteiger partial charge in [0.15, 0.2) is 0 Å². The minimum Gasteiger partial charge on any atom is -0.312 e. The first-order valence-electron chi connectivity index (χ1n) is 6.05. The van der Waals surface area contributed by atoms with Gasteiger partial charge in [0.2, 0.25) is 0 Å². The Labute approximate surface area is 89.1 Å². The fraction of sp³-hybridized carbons (Fsp3) is 1.00. The van der Waals surface area contributed by atoms with Gasteiger partial charge in [-0.1, -0.05) is 0 Å². The quantitative estimate of drug-likeness (QED) is 0.682. The van der Waals surface area contributed by atoms with Crippen molar-refractivity contribution in [1.29, 1.82) is 0 Å². The maximum absolute atomic E-state index is 3.53. The predicted octanol–water partition coefficient (Wildman–Crippen LogP) is 2.25. The molecule has 1 aliphatic rings. The summed E-state index contributed by atoms with van der Waals surface area (Å²) in [6.07, 6.45) is 5.50. The maximum atomic E-state index is 3.53. The minimum absolute atomic E-state index is 0.285. The zero-order valence-corrected chi connectivity index (χ0v) is 10.1. The van der Waals surface area contributed by atoms with Gasteiger partial charge in [-0.3, -0.25) is 0 Å². The SMILES string of the molecule is CC(C)(C)NCCCCN1CCCC1. The van der Waals surface area contributed by atoms with E-state index >= 15 is 0 Å². The summed E-state index contributed by atoms with van der Waals surface area (Å²) in [6.45, 7) is 11.8. The lowest BCUT2D eigenvalue weighted by Gasteiger charge is -2.21. The number of hydrogen-bond acceptors (Lipinski definition) is 2. The van der Waals surface area contributed by atoms with Gasteiger partial charge in [0.25, 0.3) is 0 Å². The lowest BCUT2D eigenvalue weighted by Crippen LogP contribution is -2.36. The Morgan fingerprint density at radius 1 is 1.07 bits per heavy atom. The molecule has 0 aromatic rings. The number of rotatable bonds is 5. The van der Waals surface area contributed by atoms with Gasteiger partial charge in [0.05, 0.1) is 0 Å². The van der Waals surface area contributed by atoms with Crippen LogP contribution in [0.3, 0.4) is 0 Å². The molecular weight excluding hydrogens is 172 g/mol. The summed E-state index contributed by atoms with van der Waals surface area (Å²) in [4.78, 5) is 2.59. The van der Waals surface area contributed by atoms with Crippen LogP contribution in [0.25, 0.3) is 0 Å². The van der Waals surface area contributed by atoms with Gasteiger partial charge < -0.3 is 10.2 Å². The highest BCUT2D eigenvalue weighted by molar-refractivity contribution is 4.70. The van der Waals surface area contributed by atoms with Crippen molar-refractivity contribution in [1.82, 2.24) is 10.2 Å². The largest absolute Gasteiger partial charge is 0.312 e. The Balaban J connectivity index is 1.89. The molecule has 1 fully saturated rings. The van der Waals surface area contributed by atoms with E-state index in [1.54, 1.807) is 0 Å². The van der Waals surface area contributed by atoms with Crippen molar-refractivity contribution in [3.05, 3.63) is 0 Å². The van der Waals surface area contributed by atoms with Crippen molar-refractivity contribution < 1.29 is 0 Å². The first-order chi connectivity index (χ1) is 6.58. The van der Waals surface area contributed by atoms with Gasteiger partial charge in [-0.05, 0) is 72.6 Å². The molecule has 0 aliphatic carbocycles. The third-order valence-corrected chi connectivity index (χ3v) is 2.76. The second-order valence-corrected chi connectivity index (χ2v) is 5.43. The van der Waals surface area contributed by atoms with E-state index in [1.165, 1.54) is 45.3 Å². The molecular formula is C12H26N2. The predicted molar refractivity (Wildman–Crippen MR) is 62.7 cm³/mol. The van der Waals surface area contributed by atoms with Crippen molar-refractivity contribution in [2.45, 2.75) is 52.0 Å². The van der Waals surface area contributed by atoms with Crippen LogP contribution in [0.5, 0.6) is 0 Å². The molecule has 0 bridgehead atoms. The van der Waals surface area contributed by atoms with Crippen molar-refractivity contribution in [2.24, 2.45) is 0 Å². The standard InChI is InChI=1S/C12H26N2/c1-12(2,3)13-8-4-5-9-14-10-6-7-11-14/h13H,4-11H2,1-3H3. The van der Waals surface area contributed by atoms with Crippen molar-refractivity contribution in [3.8, 4) is 0 Å². The van der Waals surface area contributed by atoms with E-state index in [0.717, 1.165) is 6.54 Å². The molecule has 0 radical (unpaired) electrons. The molecule has 84 valence electrons. The maximum Gasteiger partial charge on any atom is 0.00965 e. The summed E-state index contributed by atoms with van der Waals surface area (Å²) in [5.74, 6) is 0. The number of likely N-dealkylation sites (tertiary alicyclic amines) is 1. The first-order valence-corrected chi connectivity index (χ1v) is 6.05. The molecule has 14 heavy (non-hydrogen) atoms. The van der Waals surface area contributed by atoms with Crippen LogP contribution in [0.1, 0.15) is 46.5 Å². The molecule has 0 unspecified atom stereocenters. The van der Waals surface area contributed by atoms with Gasteiger partial charge in [0.1, 0.15) is 0 Å². The van der Waals surface area contributed by atoms with E-state index in [9.17, 15) is 0 Å². The summed E-state index contributed by atoms with van der Waals surface area (Å²) in [5, 5.41) is 3.53. The van der Waals surface area contributed by atoms with E-state index in [-0.39, 0.29) is 5.54 Å². The minimum atomic E-state index is 0.285. The third-order valence-electron chi connectivity index (χ3n) is 2.76. The normalized spacial score (nSPS) is 19.1. The Hall–Kier alpha value is -0.0800. The first kappa shape index (κ1) is 12.0. The molecule has 1 saturated heterocycles. The molecule has 0 aromatic heterocycles. The Morgan fingerprint density at radius 2 is 1.71 bits per heavy atom. The zero-order chi connectivity index (χ0) is 10.4. The monoisotopic (exact) mass is 198 g/mol. The van der Waals surface area contributed by atoms with Crippen molar-refractivity contribution in [2.75, 3.05) is 26.2 Å². The van der Waals surface area contributed by atoms with Crippen LogP contribution in [0.2, 0.25) is 0 Å². The molecule has 1 heterocycles. The molecule has 1 aliphatic heterocycles. The second-order valence-electron chi connectivity index (χ2n) is 5.43. The highest BCUT2D eigenvalue weighted by Gasteiger charge is 2.11. The van der Waals surface area contributed by atoms with Crippen LogP contribution >= 0.6 is 0 Å². The molecule has 0 aromatic carbocycles. The third kappa shape index (κ3) is 5.61. The van der Waals surface area contributed by atoms with E-state index in [4.69, 9.17) is 0 Å². The van der Waals surface area contributed by atoms with Crippen LogP contribution < -0.4 is 5.32 Å². The van der Waals surface area contributed by atoms with Crippen LogP contribution in [0.15, 0.2) is 0 Å². The topological polar surface area (TPSA) is 15.3 Å². The number of nitrogens with zero attached hydrogens (tertiary/aromatic N) is 1. The summed E-state index contributed by atoms with van der Waals surface area (Å²) in [5.41, 5.74) is 0.285. The van der Waals surface area contributed by atoms with Gasteiger partial charge in [0, 0.05) is 5.54 Å². The van der Waals surface area contributed by atoms with Gasteiger partial charge in [-0.2, -0.15) is 0 Å². The molecule has 2 nitrogen and oxygen atoms in total. The Morgan fingerprint density at radius 3 is 2.29 bits per heavy atom. The van der Waals surface area contributed by atoms with E-state index < -0.39 is 0 Å². The summed E-state index contributed by atoms with van der Waals surface area (Å²) in [7, 11) is 0. The Kier molecular flexibility index (Phi) is 4.90. The molecule has 0 amide bonds. The van der Waals surface area contributed by atoms with E-state index in [0.29, 0.717) is 0 Å².